The number of fused-ring (bicyclic) bond motifs is 1. The average Bonchev–Trinajstić information content (AvgIpc) is 2.68. The van der Waals surface area contributed by atoms with Gasteiger partial charge in [0.15, 0.2) is 5.76 Å². The highest BCUT2D eigenvalue weighted by Gasteiger charge is 2.34. The Labute approximate surface area is 151 Å². The minimum absolute atomic E-state index is 0.0346. The normalized spacial score (nSPS) is 23.9. The Morgan fingerprint density at radius 1 is 1.15 bits per heavy atom. The zero-order valence-electron chi connectivity index (χ0n) is 14.3. The fourth-order valence-corrected chi connectivity index (χ4v) is 3.20. The zero-order chi connectivity index (χ0) is 18.1. The van der Waals surface area contributed by atoms with Gasteiger partial charge in [-0.15, -0.1) is 0 Å². The number of dihydropyridines is 1. The highest BCUT2D eigenvalue weighted by molar-refractivity contribution is 6.01. The Morgan fingerprint density at radius 2 is 1.96 bits per heavy atom. The van der Waals surface area contributed by atoms with E-state index >= 15 is 0 Å². The van der Waals surface area contributed by atoms with Crippen molar-refractivity contribution >= 4 is 5.78 Å². The van der Waals surface area contributed by atoms with Crippen molar-refractivity contribution in [3.05, 3.63) is 94.6 Å². The fourth-order valence-electron chi connectivity index (χ4n) is 3.20. The van der Waals surface area contributed by atoms with Crippen LogP contribution in [0.25, 0.3) is 0 Å². The zero-order valence-corrected chi connectivity index (χ0v) is 14.3. The number of Topliss-reactive ketones (excluding diaryl/α,β-unsaturated/α-hetero) is 1. The Hall–Kier alpha value is -3.05. The topological polar surface area (TPSA) is 67.8 Å². The van der Waals surface area contributed by atoms with Crippen molar-refractivity contribution in [2.75, 3.05) is 7.11 Å². The molecule has 1 aromatic carbocycles. The highest BCUT2D eigenvalue weighted by atomic mass is 16.5. The van der Waals surface area contributed by atoms with Gasteiger partial charge in [0.1, 0.15) is 18.5 Å². The van der Waals surface area contributed by atoms with Gasteiger partial charge >= 0.3 is 0 Å². The van der Waals surface area contributed by atoms with Gasteiger partial charge in [-0.25, -0.2) is 0 Å². The van der Waals surface area contributed by atoms with Crippen LogP contribution < -0.4 is 5.32 Å². The molecule has 2 unspecified atom stereocenters. The van der Waals surface area contributed by atoms with Crippen molar-refractivity contribution in [1.29, 1.82) is 0 Å². The van der Waals surface area contributed by atoms with Gasteiger partial charge in [-0.1, -0.05) is 36.4 Å². The lowest BCUT2D eigenvalue weighted by atomic mass is 9.87. The molecule has 0 fully saturated rings. The van der Waals surface area contributed by atoms with Crippen molar-refractivity contribution in [2.45, 2.75) is 18.8 Å². The summed E-state index contributed by atoms with van der Waals surface area (Å²) in [4.78, 5) is 12.1. The minimum Gasteiger partial charge on any atom is -0.493 e. The first-order valence-corrected chi connectivity index (χ1v) is 8.42. The van der Waals surface area contributed by atoms with Crippen molar-refractivity contribution < 1.29 is 19.4 Å². The molecule has 2 aliphatic carbocycles. The van der Waals surface area contributed by atoms with E-state index in [0.717, 1.165) is 16.9 Å². The number of aliphatic hydroxyl groups excluding tert-OH is 1. The van der Waals surface area contributed by atoms with Gasteiger partial charge in [-0.2, -0.15) is 0 Å². The van der Waals surface area contributed by atoms with Crippen LogP contribution in [0.5, 0.6) is 0 Å². The van der Waals surface area contributed by atoms with Crippen LogP contribution in [0.15, 0.2) is 89.1 Å². The van der Waals surface area contributed by atoms with Gasteiger partial charge in [-0.3, -0.25) is 4.79 Å². The van der Waals surface area contributed by atoms with Crippen LogP contribution in [-0.2, 0) is 20.9 Å². The Balaban J connectivity index is 1.57. The molecule has 2 atom stereocenters. The van der Waals surface area contributed by atoms with Gasteiger partial charge < -0.3 is 19.9 Å². The second kappa shape index (κ2) is 6.69. The van der Waals surface area contributed by atoms with E-state index in [4.69, 9.17) is 9.47 Å². The molecule has 5 nitrogen and oxygen atoms in total. The maximum absolute atomic E-state index is 12.1. The first-order chi connectivity index (χ1) is 12.7. The second-order valence-corrected chi connectivity index (χ2v) is 6.29. The highest BCUT2D eigenvalue weighted by Crippen LogP contribution is 2.31. The molecule has 3 aliphatic rings. The Morgan fingerprint density at radius 3 is 2.73 bits per heavy atom. The van der Waals surface area contributed by atoms with Crippen molar-refractivity contribution in [3.63, 3.8) is 0 Å². The predicted molar refractivity (Wildman–Crippen MR) is 96.6 cm³/mol. The van der Waals surface area contributed by atoms with Crippen LogP contribution >= 0.6 is 0 Å². The van der Waals surface area contributed by atoms with E-state index in [0.29, 0.717) is 17.9 Å². The SMILES string of the molecule is COC1=CC2=C(C=C3C=C(OCc4ccccc4)C=CC3N2)C(O)C1=O. The number of carbonyl (C=O) groups is 1. The number of hydrogen-bond donors (Lipinski definition) is 2. The number of ketones is 1. The molecule has 5 heteroatoms. The average molecular weight is 349 g/mol. The summed E-state index contributed by atoms with van der Waals surface area (Å²) >= 11 is 0. The first-order valence-electron chi connectivity index (χ1n) is 8.42. The summed E-state index contributed by atoms with van der Waals surface area (Å²) in [5.41, 5.74) is 3.29. The third kappa shape index (κ3) is 2.97. The maximum atomic E-state index is 12.1. The van der Waals surface area contributed by atoms with Crippen LogP contribution in [0.2, 0.25) is 0 Å². The molecule has 1 heterocycles. The van der Waals surface area contributed by atoms with E-state index in [1.807, 2.05) is 54.6 Å². The van der Waals surface area contributed by atoms with E-state index in [9.17, 15) is 9.90 Å². The maximum Gasteiger partial charge on any atom is 0.230 e. The summed E-state index contributed by atoms with van der Waals surface area (Å²) < 4.78 is 10.9. The lowest BCUT2D eigenvalue weighted by Gasteiger charge is -2.32. The summed E-state index contributed by atoms with van der Waals surface area (Å²) in [7, 11) is 1.42. The van der Waals surface area contributed by atoms with Crippen LogP contribution in [0.3, 0.4) is 0 Å². The summed E-state index contributed by atoms with van der Waals surface area (Å²) in [6.07, 6.45) is 8.11. The number of methoxy groups -OCH3 is 1. The molecule has 0 saturated carbocycles. The molecule has 4 rings (SSSR count). The standard InChI is InChI=1S/C21H19NO4/c1-25-19-11-18-16(20(23)21(19)24)10-14-9-15(7-8-17(14)22-18)26-12-13-5-3-2-4-6-13/h2-11,17,20,22-23H,12H2,1H3. The predicted octanol–water partition coefficient (Wildman–Crippen LogP) is 2.28. The molecule has 1 aromatic rings. The van der Waals surface area contributed by atoms with Crippen molar-refractivity contribution in [3.8, 4) is 0 Å². The second-order valence-electron chi connectivity index (χ2n) is 6.29. The molecule has 132 valence electrons. The third-order valence-corrected chi connectivity index (χ3v) is 4.59. The number of carbonyl (C=O) groups excluding carboxylic acids is 1. The Bertz CT molecular complexity index is 890. The number of ether oxygens (including phenoxy) is 2. The van der Waals surface area contributed by atoms with Crippen LogP contribution in [0, 0.1) is 0 Å². The molecule has 0 bridgehead atoms. The molecule has 0 amide bonds. The van der Waals surface area contributed by atoms with E-state index < -0.39 is 11.9 Å². The minimum atomic E-state index is -1.22. The summed E-state index contributed by atoms with van der Waals surface area (Å²) in [5, 5.41) is 13.6. The molecular weight excluding hydrogens is 330 g/mol. The number of aliphatic hydroxyl groups is 1. The van der Waals surface area contributed by atoms with Crippen LogP contribution in [-0.4, -0.2) is 30.1 Å². The van der Waals surface area contributed by atoms with Gasteiger partial charge in [0, 0.05) is 17.3 Å². The van der Waals surface area contributed by atoms with E-state index in [1.54, 1.807) is 6.08 Å². The van der Waals surface area contributed by atoms with Crippen molar-refractivity contribution in [2.24, 2.45) is 0 Å². The quantitative estimate of drug-likeness (QED) is 0.873. The van der Waals surface area contributed by atoms with Gasteiger partial charge in [0.05, 0.1) is 13.2 Å². The first kappa shape index (κ1) is 16.4. The summed E-state index contributed by atoms with van der Waals surface area (Å²) in [6, 6.07) is 9.91. The molecule has 0 radical (unpaired) electrons. The smallest absolute Gasteiger partial charge is 0.230 e. The molecule has 2 N–H and O–H groups in total. The molecule has 1 aliphatic heterocycles. The number of nitrogens with one attached hydrogen (secondary N) is 1. The van der Waals surface area contributed by atoms with Crippen LogP contribution in [0.4, 0.5) is 0 Å². The van der Waals surface area contributed by atoms with Gasteiger partial charge in [0.25, 0.3) is 0 Å². The monoisotopic (exact) mass is 349 g/mol. The lowest BCUT2D eigenvalue weighted by molar-refractivity contribution is -0.124. The Kier molecular flexibility index (Phi) is 4.22. The molecule has 26 heavy (non-hydrogen) atoms. The molecule has 0 saturated heterocycles. The molecule has 0 aromatic heterocycles. The number of allylic oxidation sites excluding steroid dienone is 2. The van der Waals surface area contributed by atoms with Crippen molar-refractivity contribution in [1.82, 2.24) is 5.32 Å². The number of benzene rings is 1. The van der Waals surface area contributed by atoms with Gasteiger partial charge in [-0.05, 0) is 29.4 Å². The van der Waals surface area contributed by atoms with E-state index in [1.165, 1.54) is 7.11 Å². The largest absolute Gasteiger partial charge is 0.493 e. The fraction of sp³-hybridized carbons (Fsp3) is 0.190. The number of rotatable bonds is 4. The third-order valence-electron chi connectivity index (χ3n) is 4.59. The lowest BCUT2D eigenvalue weighted by Crippen LogP contribution is -2.39. The molecular formula is C21H19NO4. The van der Waals surface area contributed by atoms with Gasteiger partial charge in [0.2, 0.25) is 5.78 Å². The summed E-state index contributed by atoms with van der Waals surface area (Å²) in [5.74, 6) is 0.467. The van der Waals surface area contributed by atoms with E-state index in [-0.39, 0.29) is 11.8 Å². The summed E-state index contributed by atoms with van der Waals surface area (Å²) in [6.45, 7) is 0.484. The molecule has 0 spiro atoms. The van der Waals surface area contributed by atoms with E-state index in [2.05, 4.69) is 5.32 Å². The van der Waals surface area contributed by atoms with Crippen LogP contribution in [0.1, 0.15) is 5.56 Å². The number of hydrogen-bond acceptors (Lipinski definition) is 5.